The summed E-state index contributed by atoms with van der Waals surface area (Å²) in [4.78, 5) is 0.231. The van der Waals surface area contributed by atoms with Crippen molar-refractivity contribution < 1.29 is 13.5 Å². The standard InChI is InChI=1S/C13H19NO3S2/c1-2-13(15)10-4-3-5-12(8-10)19(16,17)14-11-6-7-18-9-11/h3-5,8,11,13-15H,2,6-7,9H2,1H3. The van der Waals surface area contributed by atoms with Gasteiger partial charge in [-0.1, -0.05) is 19.1 Å². The van der Waals surface area contributed by atoms with Crippen molar-refractivity contribution in [2.45, 2.75) is 36.8 Å². The minimum atomic E-state index is -3.48. The van der Waals surface area contributed by atoms with Gasteiger partial charge in [-0.05, 0) is 36.3 Å². The fourth-order valence-electron chi connectivity index (χ4n) is 2.04. The molecule has 0 aromatic heterocycles. The van der Waals surface area contributed by atoms with Crippen LogP contribution in [-0.4, -0.2) is 31.1 Å². The molecule has 2 rings (SSSR count). The minimum absolute atomic E-state index is 0.0229. The van der Waals surface area contributed by atoms with E-state index in [1.54, 1.807) is 36.0 Å². The SMILES string of the molecule is CCC(O)c1cccc(S(=O)(=O)NC2CCSC2)c1. The number of nitrogens with one attached hydrogen (secondary N) is 1. The molecule has 1 saturated heterocycles. The molecule has 0 spiro atoms. The Morgan fingerprint density at radius 2 is 2.32 bits per heavy atom. The smallest absolute Gasteiger partial charge is 0.240 e. The van der Waals surface area contributed by atoms with Crippen molar-refractivity contribution in [3.05, 3.63) is 29.8 Å². The Bertz CT molecular complexity index is 524. The van der Waals surface area contributed by atoms with Gasteiger partial charge in [-0.25, -0.2) is 13.1 Å². The van der Waals surface area contributed by atoms with E-state index in [0.29, 0.717) is 12.0 Å². The number of aliphatic hydroxyl groups excluding tert-OH is 1. The Morgan fingerprint density at radius 1 is 1.53 bits per heavy atom. The van der Waals surface area contributed by atoms with Crippen LogP contribution in [0.2, 0.25) is 0 Å². The Kier molecular flexibility index (Phi) is 4.89. The number of rotatable bonds is 5. The van der Waals surface area contributed by atoms with Crippen molar-refractivity contribution in [1.82, 2.24) is 4.72 Å². The second-order valence-electron chi connectivity index (χ2n) is 4.68. The molecule has 1 aromatic rings. The number of thioether (sulfide) groups is 1. The molecular weight excluding hydrogens is 282 g/mol. The Morgan fingerprint density at radius 3 is 2.95 bits per heavy atom. The van der Waals surface area contributed by atoms with Gasteiger partial charge in [0.2, 0.25) is 10.0 Å². The van der Waals surface area contributed by atoms with Crippen LogP contribution in [0.1, 0.15) is 31.4 Å². The summed E-state index contributed by atoms with van der Waals surface area (Å²) in [6.07, 6.45) is 0.828. The van der Waals surface area contributed by atoms with E-state index < -0.39 is 16.1 Å². The normalized spacial score (nSPS) is 21.5. The molecular formula is C13H19NO3S2. The first kappa shape index (κ1) is 14.8. The zero-order valence-electron chi connectivity index (χ0n) is 10.9. The van der Waals surface area contributed by atoms with Crippen LogP contribution >= 0.6 is 11.8 Å². The van der Waals surface area contributed by atoms with Gasteiger partial charge in [0.1, 0.15) is 0 Å². The first-order chi connectivity index (χ1) is 9.03. The number of benzene rings is 1. The van der Waals surface area contributed by atoms with Crippen LogP contribution in [-0.2, 0) is 10.0 Å². The lowest BCUT2D eigenvalue weighted by Crippen LogP contribution is -2.34. The third kappa shape index (κ3) is 3.72. The van der Waals surface area contributed by atoms with E-state index in [-0.39, 0.29) is 10.9 Å². The molecule has 1 fully saturated rings. The largest absolute Gasteiger partial charge is 0.388 e. The number of hydrogen-bond acceptors (Lipinski definition) is 4. The van der Waals surface area contributed by atoms with E-state index >= 15 is 0 Å². The zero-order chi connectivity index (χ0) is 13.9. The summed E-state index contributed by atoms with van der Waals surface area (Å²) < 4.78 is 27.2. The highest BCUT2D eigenvalue weighted by molar-refractivity contribution is 7.99. The molecule has 2 unspecified atom stereocenters. The van der Waals surface area contributed by atoms with Gasteiger partial charge in [0.25, 0.3) is 0 Å². The topological polar surface area (TPSA) is 66.4 Å². The monoisotopic (exact) mass is 301 g/mol. The summed E-state index contributed by atoms with van der Waals surface area (Å²) in [5.41, 5.74) is 0.645. The maximum atomic E-state index is 12.2. The molecule has 0 radical (unpaired) electrons. The highest BCUT2D eigenvalue weighted by Gasteiger charge is 2.23. The van der Waals surface area contributed by atoms with E-state index in [4.69, 9.17) is 0 Å². The second-order valence-corrected chi connectivity index (χ2v) is 7.54. The van der Waals surface area contributed by atoms with Crippen LogP contribution < -0.4 is 4.72 Å². The molecule has 19 heavy (non-hydrogen) atoms. The Hall–Kier alpha value is -0.560. The van der Waals surface area contributed by atoms with Gasteiger partial charge < -0.3 is 5.11 Å². The second kappa shape index (κ2) is 6.26. The number of sulfonamides is 1. The summed E-state index contributed by atoms with van der Waals surface area (Å²) >= 11 is 1.76. The first-order valence-corrected chi connectivity index (χ1v) is 9.05. The molecule has 106 valence electrons. The van der Waals surface area contributed by atoms with Crippen molar-refractivity contribution in [3.8, 4) is 0 Å². The molecule has 0 saturated carbocycles. The van der Waals surface area contributed by atoms with Crippen LogP contribution in [0.15, 0.2) is 29.2 Å². The fourth-order valence-corrected chi connectivity index (χ4v) is 4.62. The molecule has 1 aromatic carbocycles. The molecule has 4 nitrogen and oxygen atoms in total. The minimum Gasteiger partial charge on any atom is -0.388 e. The van der Waals surface area contributed by atoms with Gasteiger partial charge in [0.05, 0.1) is 11.0 Å². The maximum Gasteiger partial charge on any atom is 0.240 e. The molecule has 0 bridgehead atoms. The van der Waals surface area contributed by atoms with Gasteiger partial charge in [-0.15, -0.1) is 0 Å². The number of aliphatic hydroxyl groups is 1. The molecule has 1 aliphatic heterocycles. The van der Waals surface area contributed by atoms with Crippen molar-refractivity contribution in [1.29, 1.82) is 0 Å². The van der Waals surface area contributed by atoms with Crippen LogP contribution in [0.25, 0.3) is 0 Å². The summed E-state index contributed by atoms with van der Waals surface area (Å²) in [5, 5.41) is 9.79. The van der Waals surface area contributed by atoms with Gasteiger partial charge >= 0.3 is 0 Å². The maximum absolute atomic E-state index is 12.2. The molecule has 6 heteroatoms. The highest BCUT2D eigenvalue weighted by Crippen LogP contribution is 2.22. The Balaban J connectivity index is 2.19. The van der Waals surface area contributed by atoms with E-state index in [9.17, 15) is 13.5 Å². The average Bonchev–Trinajstić information content (AvgIpc) is 2.90. The highest BCUT2D eigenvalue weighted by atomic mass is 32.2. The van der Waals surface area contributed by atoms with Gasteiger partial charge in [0, 0.05) is 11.8 Å². The van der Waals surface area contributed by atoms with Crippen LogP contribution in [0.4, 0.5) is 0 Å². The van der Waals surface area contributed by atoms with E-state index in [1.165, 1.54) is 0 Å². The molecule has 1 heterocycles. The van der Waals surface area contributed by atoms with Crippen LogP contribution in [0, 0.1) is 0 Å². The van der Waals surface area contributed by atoms with Gasteiger partial charge in [-0.2, -0.15) is 11.8 Å². The van der Waals surface area contributed by atoms with Crippen molar-refractivity contribution in [3.63, 3.8) is 0 Å². The molecule has 2 N–H and O–H groups in total. The summed E-state index contributed by atoms with van der Waals surface area (Å²) in [6, 6.07) is 6.56. The van der Waals surface area contributed by atoms with E-state index in [2.05, 4.69) is 4.72 Å². The number of hydrogen-bond donors (Lipinski definition) is 2. The molecule has 1 aliphatic rings. The predicted octanol–water partition coefficient (Wildman–Crippen LogP) is 1.91. The zero-order valence-corrected chi connectivity index (χ0v) is 12.5. The lowest BCUT2D eigenvalue weighted by atomic mass is 10.1. The van der Waals surface area contributed by atoms with E-state index in [1.807, 2.05) is 6.92 Å². The van der Waals surface area contributed by atoms with Crippen molar-refractivity contribution in [2.24, 2.45) is 0 Å². The van der Waals surface area contributed by atoms with E-state index in [0.717, 1.165) is 17.9 Å². The van der Waals surface area contributed by atoms with Crippen LogP contribution in [0.5, 0.6) is 0 Å². The fraction of sp³-hybridized carbons (Fsp3) is 0.538. The molecule has 0 amide bonds. The van der Waals surface area contributed by atoms with Gasteiger partial charge in [0.15, 0.2) is 0 Å². The third-order valence-corrected chi connectivity index (χ3v) is 5.87. The summed E-state index contributed by atoms with van der Waals surface area (Å²) in [7, 11) is -3.48. The average molecular weight is 301 g/mol. The predicted molar refractivity (Wildman–Crippen MR) is 77.7 cm³/mol. The summed E-state index contributed by atoms with van der Waals surface area (Å²) in [5.74, 6) is 1.83. The molecule has 2 atom stereocenters. The first-order valence-electron chi connectivity index (χ1n) is 6.41. The summed E-state index contributed by atoms with van der Waals surface area (Å²) in [6.45, 7) is 1.86. The molecule has 0 aliphatic carbocycles. The lowest BCUT2D eigenvalue weighted by Gasteiger charge is -2.14. The quantitative estimate of drug-likeness (QED) is 0.872. The lowest BCUT2D eigenvalue weighted by molar-refractivity contribution is 0.173. The van der Waals surface area contributed by atoms with Crippen molar-refractivity contribution >= 4 is 21.8 Å². The van der Waals surface area contributed by atoms with Gasteiger partial charge in [-0.3, -0.25) is 0 Å². The van der Waals surface area contributed by atoms with Crippen molar-refractivity contribution in [2.75, 3.05) is 11.5 Å². The third-order valence-electron chi connectivity index (χ3n) is 3.19. The van der Waals surface area contributed by atoms with Crippen LogP contribution in [0.3, 0.4) is 0 Å². The Labute approximate surface area is 118 Å².